The molecule has 0 saturated heterocycles. The van der Waals surface area contributed by atoms with Crippen molar-refractivity contribution in [1.82, 2.24) is 0 Å². The van der Waals surface area contributed by atoms with Crippen LogP contribution in [-0.2, 0) is 49.3 Å². The molecular formula is C37H39N9O19S4. The number of hydrazone groups is 1. The van der Waals surface area contributed by atoms with E-state index in [9.17, 15) is 54.7 Å². The van der Waals surface area contributed by atoms with Crippen LogP contribution in [0.5, 0.6) is 11.5 Å². The van der Waals surface area contributed by atoms with Crippen molar-refractivity contribution in [3.05, 3.63) is 107 Å². The van der Waals surface area contributed by atoms with Gasteiger partial charge in [-0.2, -0.15) is 55.8 Å². The first-order valence-electron chi connectivity index (χ1n) is 18.4. The van der Waals surface area contributed by atoms with Crippen LogP contribution in [0.2, 0.25) is 0 Å². The van der Waals surface area contributed by atoms with Crippen molar-refractivity contribution in [3.63, 3.8) is 0 Å². The Labute approximate surface area is 395 Å². The number of phenols is 2. The molecule has 1 aliphatic rings. The molecule has 69 heavy (non-hydrogen) atoms. The highest BCUT2D eigenvalue weighted by Crippen LogP contribution is 2.51. The molecule has 0 spiro atoms. The molecule has 0 aliphatic carbocycles. The number of carboxylic acids is 1. The number of para-hydroxylation sites is 1. The highest BCUT2D eigenvalue weighted by molar-refractivity contribution is 7.94. The summed E-state index contributed by atoms with van der Waals surface area (Å²) in [6.07, 6.45) is 1.43. The second-order valence-corrected chi connectivity index (χ2v) is 17.6. The number of carboxylic acid groups (broad SMARTS) is 1. The van der Waals surface area contributed by atoms with Gasteiger partial charge in [0.2, 0.25) is 6.04 Å². The van der Waals surface area contributed by atoms with Gasteiger partial charge in [0.05, 0.1) is 57.6 Å². The lowest BCUT2D eigenvalue weighted by molar-refractivity contribution is -0.445. The number of carbonyl (C=O) groups excluding carboxylic acids is 1. The summed E-state index contributed by atoms with van der Waals surface area (Å²) in [6.45, 7) is 4.00. The van der Waals surface area contributed by atoms with Gasteiger partial charge in [-0.05, 0) is 66.0 Å². The summed E-state index contributed by atoms with van der Waals surface area (Å²) in [6, 6.07) is 22.6. The zero-order valence-electron chi connectivity index (χ0n) is 36.0. The van der Waals surface area contributed by atoms with Crippen molar-refractivity contribution in [2.45, 2.75) is 29.7 Å². The van der Waals surface area contributed by atoms with Gasteiger partial charge in [0.1, 0.15) is 16.3 Å². The molecular weight excluding hydrogens is 1000 g/mol. The Bertz CT molecular complexity index is 3020. The maximum absolute atomic E-state index is 13.0. The summed E-state index contributed by atoms with van der Waals surface area (Å²) in [4.78, 5) is 32.1. The standard InChI is InChI=1S/C32H22N8O11S2.C2H6.CH3NO2.2CH4O3S/c41-29-24-17(16-23(53(47,48)49)26(30(24)42)37-33-18-7-3-1-4-8-18)15-22(52-51-50-46)25(29)36-34-19-11-13-20(14-12-19)35-38-27-28(32(44)45)39-40(31(27)43)21-9-5-2-6-10-21;1-2;1-2(3)4;2*1-5(2,3)4/h1-16,27,41-42,46H,(H,44,45)(H,47,48,49);1-2H3;1H3;2*1H3,(H,2,3,4). The van der Waals surface area contributed by atoms with Crippen LogP contribution in [0.4, 0.5) is 34.1 Å². The molecule has 0 bridgehead atoms. The maximum atomic E-state index is 13.0. The zero-order valence-corrected chi connectivity index (χ0v) is 39.3. The number of benzene rings is 5. The van der Waals surface area contributed by atoms with Crippen molar-refractivity contribution in [2.24, 2.45) is 35.8 Å². The molecule has 6 rings (SSSR count). The molecule has 32 heteroatoms. The van der Waals surface area contributed by atoms with Gasteiger partial charge in [-0.15, -0.1) is 14.6 Å². The van der Waals surface area contributed by atoms with Crippen LogP contribution in [0.15, 0.2) is 143 Å². The lowest BCUT2D eigenvalue weighted by atomic mass is 10.1. The molecule has 5 aromatic carbocycles. The topological polar surface area (TPSA) is 430 Å². The first kappa shape index (κ1) is 57.9. The predicted octanol–water partition coefficient (Wildman–Crippen LogP) is 7.62. The van der Waals surface area contributed by atoms with Crippen molar-refractivity contribution in [3.8, 4) is 11.5 Å². The third-order valence-corrected chi connectivity index (χ3v) is 8.72. The molecule has 1 unspecified atom stereocenters. The number of anilines is 1. The number of aromatic hydroxyl groups is 2. The van der Waals surface area contributed by atoms with Crippen LogP contribution >= 0.6 is 12.0 Å². The Balaban J connectivity index is 0.000000889. The summed E-state index contributed by atoms with van der Waals surface area (Å²) in [7, 11) is -11.4. The largest absolute Gasteiger partial charge is 0.505 e. The summed E-state index contributed by atoms with van der Waals surface area (Å²) in [5.74, 6) is -3.77. The SMILES string of the molecule is CC.CS(=O)(=O)O.CS(=O)(=O)O.C[N+](=O)[O-].O=C(O)C1=NN(c2ccccc2)C(=O)C1N=Nc1ccc(N=Nc2c(SOOO)cc3cc(S(=O)(=O)O)c(N=Nc4ccccc4)c(O)c3c2O)cc1. The molecule has 7 N–H and O–H groups in total. The number of aliphatic carboxylic acids is 1. The van der Waals surface area contributed by atoms with E-state index in [1.807, 2.05) is 13.8 Å². The average molecular weight is 1040 g/mol. The van der Waals surface area contributed by atoms with Gasteiger partial charge in [-0.25, -0.2) is 10.1 Å². The van der Waals surface area contributed by atoms with E-state index >= 15 is 0 Å². The van der Waals surface area contributed by atoms with E-state index in [-0.39, 0.29) is 38.4 Å². The molecule has 0 fully saturated rings. The average Bonchev–Trinajstić information content (AvgIpc) is 3.60. The van der Waals surface area contributed by atoms with Crippen molar-refractivity contribution >= 4 is 105 Å². The summed E-state index contributed by atoms with van der Waals surface area (Å²) in [5.41, 5.74) is -0.516. The third kappa shape index (κ3) is 19.5. The lowest BCUT2D eigenvalue weighted by Crippen LogP contribution is -2.32. The van der Waals surface area contributed by atoms with Gasteiger partial charge in [0.15, 0.2) is 24.3 Å². The first-order valence-corrected chi connectivity index (χ1v) is 24.3. The van der Waals surface area contributed by atoms with E-state index in [0.29, 0.717) is 30.2 Å². The molecule has 1 atom stereocenters. The Kier molecular flexibility index (Phi) is 22.1. The molecule has 1 heterocycles. The van der Waals surface area contributed by atoms with Crippen LogP contribution in [0.3, 0.4) is 0 Å². The van der Waals surface area contributed by atoms with Gasteiger partial charge >= 0.3 is 5.97 Å². The van der Waals surface area contributed by atoms with Crippen molar-refractivity contribution in [2.75, 3.05) is 24.6 Å². The van der Waals surface area contributed by atoms with E-state index in [1.54, 1.807) is 60.7 Å². The number of carbonyl (C=O) groups is 2. The van der Waals surface area contributed by atoms with Crippen LogP contribution in [0.1, 0.15) is 13.8 Å². The monoisotopic (exact) mass is 1040 g/mol. The Morgan fingerprint density at radius 2 is 1.19 bits per heavy atom. The Morgan fingerprint density at radius 3 is 1.65 bits per heavy atom. The normalized spacial score (nSPS) is 13.6. The van der Waals surface area contributed by atoms with E-state index in [0.717, 1.165) is 18.1 Å². The number of rotatable bonds is 12. The molecule has 0 aromatic heterocycles. The molecule has 28 nitrogen and oxygen atoms in total. The van der Waals surface area contributed by atoms with Crippen LogP contribution < -0.4 is 5.01 Å². The number of nitro groups is 1. The zero-order chi connectivity index (χ0) is 52.3. The molecule has 370 valence electrons. The highest BCUT2D eigenvalue weighted by atomic mass is 32.2. The van der Waals surface area contributed by atoms with E-state index < -0.39 is 81.0 Å². The number of phenolic OH excluding ortho intramolecular Hbond substituents is 2. The number of hydrogen-bond donors (Lipinski definition) is 7. The van der Waals surface area contributed by atoms with E-state index in [2.05, 4.69) is 45.2 Å². The number of nitrogens with zero attached hydrogens (tertiary/aromatic N) is 9. The van der Waals surface area contributed by atoms with Gasteiger partial charge in [-0.1, -0.05) is 55.3 Å². The Morgan fingerprint density at radius 1 is 0.754 bits per heavy atom. The number of azo groups is 3. The second kappa shape index (κ2) is 26.3. The third-order valence-electron chi connectivity index (χ3n) is 7.24. The summed E-state index contributed by atoms with van der Waals surface area (Å²) >= 11 is 0.333. The number of fused-ring (bicyclic) bond motifs is 1. The Hall–Kier alpha value is -7.27. The summed E-state index contributed by atoms with van der Waals surface area (Å²) < 4.78 is 90.7. The summed E-state index contributed by atoms with van der Waals surface area (Å²) in [5, 5.41) is 81.4. The molecule has 1 aliphatic heterocycles. The second-order valence-electron chi connectivity index (χ2n) is 12.5. The maximum Gasteiger partial charge on any atom is 0.355 e. The minimum atomic E-state index is -4.99. The minimum absolute atomic E-state index is 0.0979. The van der Waals surface area contributed by atoms with E-state index in [4.69, 9.17) is 24.5 Å². The highest BCUT2D eigenvalue weighted by Gasteiger charge is 2.41. The smallest absolute Gasteiger partial charge is 0.355 e. The number of amides is 1. The van der Waals surface area contributed by atoms with Gasteiger partial charge in [-0.3, -0.25) is 28.6 Å². The molecule has 0 radical (unpaired) electrons. The fraction of sp³-hybridized carbons (Fsp3) is 0.162. The minimum Gasteiger partial charge on any atom is -0.505 e. The molecule has 0 saturated carbocycles. The van der Waals surface area contributed by atoms with Crippen molar-refractivity contribution in [1.29, 1.82) is 0 Å². The van der Waals surface area contributed by atoms with Gasteiger partial charge in [0.25, 0.3) is 36.3 Å². The van der Waals surface area contributed by atoms with Crippen LogP contribution in [-0.4, -0.2) is 108 Å². The van der Waals surface area contributed by atoms with Crippen molar-refractivity contribution < 1.29 is 83.4 Å². The molecule has 1 amide bonds. The number of hydrogen-bond acceptors (Lipinski definition) is 23. The fourth-order valence-electron chi connectivity index (χ4n) is 4.85. The lowest BCUT2D eigenvalue weighted by Gasteiger charge is -2.13. The van der Waals surface area contributed by atoms with Crippen LogP contribution in [0, 0.1) is 10.1 Å². The van der Waals surface area contributed by atoms with Gasteiger partial charge < -0.3 is 15.3 Å². The van der Waals surface area contributed by atoms with Crippen LogP contribution in [0.25, 0.3) is 10.8 Å². The quantitative estimate of drug-likeness (QED) is 0.0158. The predicted molar refractivity (Wildman–Crippen MR) is 245 cm³/mol. The fourth-order valence-corrected chi connectivity index (χ4v) is 6.00. The molecule has 5 aromatic rings. The van der Waals surface area contributed by atoms with E-state index in [1.165, 1.54) is 30.3 Å². The first-order chi connectivity index (χ1) is 32.2. The van der Waals surface area contributed by atoms with Gasteiger partial charge in [0, 0.05) is 4.92 Å².